The van der Waals surface area contributed by atoms with Crippen LogP contribution in [0.1, 0.15) is 94.4 Å². The van der Waals surface area contributed by atoms with Gasteiger partial charge >= 0.3 is 12.1 Å². The van der Waals surface area contributed by atoms with Gasteiger partial charge in [-0.25, -0.2) is 4.79 Å². The van der Waals surface area contributed by atoms with Crippen molar-refractivity contribution < 1.29 is 28.7 Å². The lowest BCUT2D eigenvalue weighted by atomic mass is 9.96. The van der Waals surface area contributed by atoms with Gasteiger partial charge in [0.15, 0.2) is 5.78 Å². The Morgan fingerprint density at radius 2 is 1.39 bits per heavy atom. The molecule has 31 heavy (non-hydrogen) atoms. The molecule has 0 aliphatic heterocycles. The van der Waals surface area contributed by atoms with Crippen molar-refractivity contribution in [3.63, 3.8) is 0 Å². The van der Waals surface area contributed by atoms with Crippen molar-refractivity contribution in [3.05, 3.63) is 0 Å². The number of rotatable bonds is 11. The standard InChI is InChI=1S/C23H42N2O6/c1-10-11-12-17(26)19(15(2)3)25-20(28)16(24-21(29)31-23(7,8)9)13-14-18(27)30-22(4,5)6/h15-16,19H,10-14H2,1-9H3,(H,24,29)(H,25,28). The van der Waals surface area contributed by atoms with Crippen LogP contribution in [0.4, 0.5) is 4.79 Å². The molecule has 0 aliphatic carbocycles. The maximum Gasteiger partial charge on any atom is 0.408 e. The summed E-state index contributed by atoms with van der Waals surface area (Å²) in [5.74, 6) is -1.16. The van der Waals surface area contributed by atoms with Gasteiger partial charge in [0.25, 0.3) is 0 Å². The highest BCUT2D eigenvalue weighted by molar-refractivity contribution is 5.92. The molecule has 0 fully saturated rings. The third-order valence-corrected chi connectivity index (χ3v) is 4.15. The van der Waals surface area contributed by atoms with Crippen LogP contribution in [-0.4, -0.2) is 47.0 Å². The molecule has 0 aliphatic rings. The summed E-state index contributed by atoms with van der Waals surface area (Å²) in [4.78, 5) is 49.8. The van der Waals surface area contributed by atoms with Crippen molar-refractivity contribution in [2.75, 3.05) is 0 Å². The Morgan fingerprint density at radius 3 is 1.84 bits per heavy atom. The Labute approximate surface area is 187 Å². The molecule has 0 heterocycles. The van der Waals surface area contributed by atoms with Crippen LogP contribution in [0.5, 0.6) is 0 Å². The summed E-state index contributed by atoms with van der Waals surface area (Å²) in [7, 11) is 0. The Kier molecular flexibility index (Phi) is 11.8. The smallest absolute Gasteiger partial charge is 0.408 e. The number of nitrogens with one attached hydrogen (secondary N) is 2. The lowest BCUT2D eigenvalue weighted by molar-refractivity contribution is -0.155. The predicted octanol–water partition coefficient (Wildman–Crippen LogP) is 3.90. The largest absolute Gasteiger partial charge is 0.460 e. The molecule has 0 saturated heterocycles. The molecule has 0 saturated carbocycles. The second-order valence-electron chi connectivity index (χ2n) is 10.1. The summed E-state index contributed by atoms with van der Waals surface area (Å²) in [5, 5.41) is 5.28. The van der Waals surface area contributed by atoms with E-state index in [2.05, 4.69) is 10.6 Å². The van der Waals surface area contributed by atoms with Gasteiger partial charge in [-0.15, -0.1) is 0 Å². The lowest BCUT2D eigenvalue weighted by Crippen LogP contribution is -2.53. The SMILES string of the molecule is CCCCC(=O)C(NC(=O)C(CCC(=O)OC(C)(C)C)NC(=O)OC(C)(C)C)C(C)C. The molecule has 8 nitrogen and oxygen atoms in total. The lowest BCUT2D eigenvalue weighted by Gasteiger charge is -2.27. The average molecular weight is 443 g/mol. The Bertz CT molecular complexity index is 617. The molecular formula is C23H42N2O6. The first-order valence-electron chi connectivity index (χ1n) is 11.1. The molecular weight excluding hydrogens is 400 g/mol. The van der Waals surface area contributed by atoms with Crippen molar-refractivity contribution in [2.45, 2.75) is 118 Å². The van der Waals surface area contributed by atoms with E-state index < -0.39 is 41.3 Å². The van der Waals surface area contributed by atoms with Crippen LogP contribution in [0, 0.1) is 5.92 Å². The van der Waals surface area contributed by atoms with Crippen LogP contribution in [0.15, 0.2) is 0 Å². The maximum absolute atomic E-state index is 12.9. The minimum Gasteiger partial charge on any atom is -0.460 e. The Balaban J connectivity index is 5.33. The molecule has 2 amide bonds. The molecule has 2 atom stereocenters. The summed E-state index contributed by atoms with van der Waals surface area (Å²) in [6.07, 6.45) is 1.19. The van der Waals surface area contributed by atoms with Crippen LogP contribution in [0.3, 0.4) is 0 Å². The van der Waals surface area contributed by atoms with E-state index in [0.717, 1.165) is 12.8 Å². The fourth-order valence-corrected chi connectivity index (χ4v) is 2.75. The van der Waals surface area contributed by atoms with Crippen molar-refractivity contribution >= 4 is 23.8 Å². The Morgan fingerprint density at radius 1 is 0.839 bits per heavy atom. The minimum atomic E-state index is -1.04. The molecule has 0 spiro atoms. The summed E-state index contributed by atoms with van der Waals surface area (Å²) in [5.41, 5.74) is -1.39. The second-order valence-corrected chi connectivity index (χ2v) is 10.1. The van der Waals surface area contributed by atoms with Crippen LogP contribution in [-0.2, 0) is 23.9 Å². The number of amides is 2. The summed E-state index contributed by atoms with van der Waals surface area (Å²) >= 11 is 0. The number of esters is 1. The van der Waals surface area contributed by atoms with Gasteiger partial charge in [0, 0.05) is 12.8 Å². The second kappa shape index (κ2) is 12.7. The van der Waals surface area contributed by atoms with Gasteiger partial charge in [0.2, 0.25) is 5.91 Å². The van der Waals surface area contributed by atoms with Gasteiger partial charge in [-0.3, -0.25) is 14.4 Å². The number of hydrogen-bond donors (Lipinski definition) is 2. The van der Waals surface area contributed by atoms with Crippen molar-refractivity contribution in [2.24, 2.45) is 5.92 Å². The van der Waals surface area contributed by atoms with E-state index in [-0.39, 0.29) is 24.5 Å². The van der Waals surface area contributed by atoms with Gasteiger partial charge < -0.3 is 20.1 Å². The number of carbonyl (C=O) groups is 4. The first-order chi connectivity index (χ1) is 14.1. The molecule has 180 valence electrons. The topological polar surface area (TPSA) is 111 Å². The highest BCUT2D eigenvalue weighted by Crippen LogP contribution is 2.13. The van der Waals surface area contributed by atoms with E-state index in [1.165, 1.54) is 0 Å². The highest BCUT2D eigenvalue weighted by atomic mass is 16.6. The first kappa shape index (κ1) is 28.9. The highest BCUT2D eigenvalue weighted by Gasteiger charge is 2.30. The van der Waals surface area contributed by atoms with E-state index in [9.17, 15) is 19.2 Å². The van der Waals surface area contributed by atoms with Gasteiger partial charge in [-0.05, 0) is 60.3 Å². The van der Waals surface area contributed by atoms with E-state index in [1.807, 2.05) is 20.8 Å². The number of carbonyl (C=O) groups excluding carboxylic acids is 4. The zero-order valence-corrected chi connectivity index (χ0v) is 20.7. The maximum atomic E-state index is 12.9. The zero-order valence-electron chi connectivity index (χ0n) is 20.7. The van der Waals surface area contributed by atoms with E-state index in [1.54, 1.807) is 41.5 Å². The number of Topliss-reactive ketones (excluding diaryl/α,β-unsaturated/α-hetero) is 1. The number of hydrogen-bond acceptors (Lipinski definition) is 6. The van der Waals surface area contributed by atoms with Gasteiger partial charge in [0.1, 0.15) is 17.2 Å². The number of alkyl carbamates (subject to hydrolysis) is 1. The van der Waals surface area contributed by atoms with E-state index >= 15 is 0 Å². The monoisotopic (exact) mass is 442 g/mol. The number of ether oxygens (including phenoxy) is 2. The molecule has 0 aromatic rings. The molecule has 0 radical (unpaired) electrons. The summed E-state index contributed by atoms with van der Waals surface area (Å²) in [6, 6.07) is -1.70. The van der Waals surface area contributed by atoms with Crippen LogP contribution in [0.25, 0.3) is 0 Å². The minimum absolute atomic E-state index is 0.0218. The normalized spacial score (nSPS) is 13.9. The fourth-order valence-electron chi connectivity index (χ4n) is 2.75. The van der Waals surface area contributed by atoms with Crippen molar-refractivity contribution in [3.8, 4) is 0 Å². The fraction of sp³-hybridized carbons (Fsp3) is 0.826. The molecule has 0 aromatic heterocycles. The van der Waals surface area contributed by atoms with Gasteiger partial charge in [0.05, 0.1) is 6.04 Å². The summed E-state index contributed by atoms with van der Waals surface area (Å²) < 4.78 is 10.5. The zero-order chi connectivity index (χ0) is 24.4. The quantitative estimate of drug-likeness (QED) is 0.470. The third-order valence-electron chi connectivity index (χ3n) is 4.15. The number of unbranched alkanes of at least 4 members (excludes halogenated alkanes) is 1. The van der Waals surface area contributed by atoms with E-state index in [0.29, 0.717) is 6.42 Å². The van der Waals surface area contributed by atoms with E-state index in [4.69, 9.17) is 9.47 Å². The predicted molar refractivity (Wildman–Crippen MR) is 120 cm³/mol. The van der Waals surface area contributed by atoms with Crippen molar-refractivity contribution in [1.82, 2.24) is 10.6 Å². The van der Waals surface area contributed by atoms with Gasteiger partial charge in [-0.1, -0.05) is 27.2 Å². The van der Waals surface area contributed by atoms with Crippen LogP contribution in [0.2, 0.25) is 0 Å². The van der Waals surface area contributed by atoms with Crippen molar-refractivity contribution in [1.29, 1.82) is 0 Å². The molecule has 0 bridgehead atoms. The average Bonchev–Trinajstić information content (AvgIpc) is 2.57. The van der Waals surface area contributed by atoms with Crippen LogP contribution >= 0.6 is 0 Å². The van der Waals surface area contributed by atoms with Crippen LogP contribution < -0.4 is 10.6 Å². The Hall–Kier alpha value is -2.12. The molecule has 8 heteroatoms. The molecule has 0 rings (SSSR count). The summed E-state index contributed by atoms with van der Waals surface area (Å²) in [6.45, 7) is 16.1. The first-order valence-corrected chi connectivity index (χ1v) is 11.1. The molecule has 0 aromatic carbocycles. The molecule has 2 N–H and O–H groups in total. The van der Waals surface area contributed by atoms with Gasteiger partial charge in [-0.2, -0.15) is 0 Å². The molecule has 2 unspecified atom stereocenters. The number of ketones is 1. The third kappa shape index (κ3) is 13.7.